The van der Waals surface area contributed by atoms with Crippen LogP contribution in [0.1, 0.15) is 32.7 Å². The summed E-state index contributed by atoms with van der Waals surface area (Å²) in [6.07, 6.45) is -14.6. The highest BCUT2D eigenvalue weighted by Crippen LogP contribution is 2.41. The van der Waals surface area contributed by atoms with E-state index < -0.39 is 64.9 Å². The van der Waals surface area contributed by atoms with Crippen LogP contribution < -0.4 is 5.32 Å². The summed E-state index contributed by atoms with van der Waals surface area (Å²) in [4.78, 5) is 15.3. The fourth-order valence-electron chi connectivity index (χ4n) is 3.32. The summed E-state index contributed by atoms with van der Waals surface area (Å²) in [5, 5.41) is 1.52. The van der Waals surface area contributed by atoms with Crippen LogP contribution in [0.4, 0.5) is 48.3 Å². The van der Waals surface area contributed by atoms with Gasteiger partial charge in [0, 0.05) is 17.3 Å². The molecule has 0 aliphatic rings. The Morgan fingerprint density at radius 2 is 1.27 bits per heavy atom. The molecule has 14 heteroatoms. The summed E-state index contributed by atoms with van der Waals surface area (Å²) in [5.41, 5.74) is -7.83. The van der Waals surface area contributed by atoms with E-state index in [1.54, 1.807) is 0 Å². The SMILES string of the molecule is O=C(NCC(F)(F)c1ccc(-c2ccc(C(F)(F)F)nc2)cc1C(F)(F)F)c1ccccc1C(F)(F)F. The second-order valence-electron chi connectivity index (χ2n) is 7.62. The molecule has 0 atom stereocenters. The van der Waals surface area contributed by atoms with Crippen molar-refractivity contribution in [1.82, 2.24) is 10.3 Å². The summed E-state index contributed by atoms with van der Waals surface area (Å²) >= 11 is 0. The highest BCUT2D eigenvalue weighted by molar-refractivity contribution is 5.95. The predicted molar refractivity (Wildman–Crippen MR) is 107 cm³/mol. The lowest BCUT2D eigenvalue weighted by atomic mass is 9.95. The summed E-state index contributed by atoms with van der Waals surface area (Å²) in [6.45, 7) is -1.78. The van der Waals surface area contributed by atoms with Crippen LogP contribution in [-0.4, -0.2) is 17.4 Å². The number of halogens is 11. The molecule has 0 aliphatic heterocycles. The topological polar surface area (TPSA) is 42.0 Å². The third-order valence-corrected chi connectivity index (χ3v) is 5.05. The van der Waals surface area contributed by atoms with Crippen LogP contribution in [0, 0.1) is 0 Å². The molecule has 0 spiro atoms. The molecular weight excluding hydrogens is 529 g/mol. The molecule has 198 valence electrons. The minimum Gasteiger partial charge on any atom is -0.346 e. The smallest absolute Gasteiger partial charge is 0.346 e. The Bertz CT molecular complexity index is 1280. The lowest BCUT2D eigenvalue weighted by molar-refractivity contribution is -0.142. The third-order valence-electron chi connectivity index (χ3n) is 5.05. The lowest BCUT2D eigenvalue weighted by Crippen LogP contribution is -2.37. The lowest BCUT2D eigenvalue weighted by Gasteiger charge is -2.23. The first-order chi connectivity index (χ1) is 16.9. The van der Waals surface area contributed by atoms with E-state index in [9.17, 15) is 53.1 Å². The summed E-state index contributed by atoms with van der Waals surface area (Å²) in [7, 11) is 0. The van der Waals surface area contributed by atoms with Gasteiger partial charge >= 0.3 is 18.5 Å². The van der Waals surface area contributed by atoms with Crippen molar-refractivity contribution in [2.24, 2.45) is 0 Å². The fourth-order valence-corrected chi connectivity index (χ4v) is 3.32. The molecule has 3 rings (SSSR count). The van der Waals surface area contributed by atoms with E-state index in [2.05, 4.69) is 4.98 Å². The molecule has 0 bridgehead atoms. The molecule has 0 unspecified atom stereocenters. The van der Waals surface area contributed by atoms with E-state index in [1.807, 2.05) is 0 Å². The van der Waals surface area contributed by atoms with Gasteiger partial charge in [-0.1, -0.05) is 30.3 Å². The van der Waals surface area contributed by atoms with Crippen molar-refractivity contribution in [3.63, 3.8) is 0 Å². The number of aromatic nitrogens is 1. The van der Waals surface area contributed by atoms with Gasteiger partial charge in [0.1, 0.15) is 5.69 Å². The zero-order chi connectivity index (χ0) is 27.8. The molecule has 0 saturated heterocycles. The number of alkyl halides is 11. The van der Waals surface area contributed by atoms with Gasteiger partial charge in [-0.2, -0.15) is 48.3 Å². The number of amides is 1. The molecular formula is C23H13F11N2O. The molecule has 1 heterocycles. The molecule has 1 aromatic heterocycles. The van der Waals surface area contributed by atoms with Crippen molar-refractivity contribution in [2.45, 2.75) is 24.5 Å². The number of nitrogens with one attached hydrogen (secondary N) is 1. The molecule has 0 saturated carbocycles. The van der Waals surface area contributed by atoms with Crippen molar-refractivity contribution in [3.05, 3.63) is 88.7 Å². The molecule has 3 nitrogen and oxygen atoms in total. The predicted octanol–water partition coefficient (Wildman–Crippen LogP) is 7.33. The van der Waals surface area contributed by atoms with Crippen molar-refractivity contribution in [2.75, 3.05) is 6.54 Å². The Balaban J connectivity index is 1.92. The fraction of sp³-hybridized carbons (Fsp3) is 0.217. The van der Waals surface area contributed by atoms with Crippen LogP contribution >= 0.6 is 0 Å². The van der Waals surface area contributed by atoms with Gasteiger partial charge in [-0.15, -0.1) is 0 Å². The van der Waals surface area contributed by atoms with E-state index in [0.29, 0.717) is 30.5 Å². The zero-order valence-corrected chi connectivity index (χ0v) is 18.0. The number of pyridine rings is 1. The van der Waals surface area contributed by atoms with Crippen molar-refractivity contribution in [1.29, 1.82) is 0 Å². The van der Waals surface area contributed by atoms with Crippen molar-refractivity contribution < 1.29 is 53.1 Å². The summed E-state index contributed by atoms with van der Waals surface area (Å²) < 4.78 is 148. The number of carbonyl (C=O) groups excluding carboxylic acids is 1. The molecule has 0 aliphatic carbocycles. The van der Waals surface area contributed by atoms with Gasteiger partial charge < -0.3 is 5.32 Å². The first kappa shape index (κ1) is 27.9. The first-order valence-electron chi connectivity index (χ1n) is 9.99. The molecule has 1 N–H and O–H groups in total. The highest BCUT2D eigenvalue weighted by Gasteiger charge is 2.43. The number of hydrogen-bond donors (Lipinski definition) is 1. The average molecular weight is 542 g/mol. The zero-order valence-electron chi connectivity index (χ0n) is 18.0. The van der Waals surface area contributed by atoms with Gasteiger partial charge in [0.25, 0.3) is 11.8 Å². The normalized spacial score (nSPS) is 12.9. The van der Waals surface area contributed by atoms with E-state index in [-0.39, 0.29) is 17.2 Å². The van der Waals surface area contributed by atoms with Crippen LogP contribution in [0.3, 0.4) is 0 Å². The van der Waals surface area contributed by atoms with E-state index in [1.165, 1.54) is 5.32 Å². The molecule has 1 amide bonds. The van der Waals surface area contributed by atoms with Gasteiger partial charge in [-0.25, -0.2) is 0 Å². The van der Waals surface area contributed by atoms with Crippen LogP contribution in [0.25, 0.3) is 11.1 Å². The Morgan fingerprint density at radius 1 is 0.676 bits per heavy atom. The van der Waals surface area contributed by atoms with Crippen molar-refractivity contribution in [3.8, 4) is 11.1 Å². The number of hydrogen-bond acceptors (Lipinski definition) is 2. The summed E-state index contributed by atoms with van der Waals surface area (Å²) in [5.74, 6) is -5.99. The number of nitrogens with zero attached hydrogens (tertiary/aromatic N) is 1. The minimum absolute atomic E-state index is 0.231. The van der Waals surface area contributed by atoms with Gasteiger partial charge in [0.05, 0.1) is 23.2 Å². The van der Waals surface area contributed by atoms with Gasteiger partial charge in [0.15, 0.2) is 0 Å². The molecule has 2 aromatic carbocycles. The number of benzene rings is 2. The largest absolute Gasteiger partial charge is 0.433 e. The second kappa shape index (κ2) is 9.63. The van der Waals surface area contributed by atoms with Crippen LogP contribution in [-0.2, 0) is 24.5 Å². The minimum atomic E-state index is -5.36. The highest BCUT2D eigenvalue weighted by atomic mass is 19.4. The Kier molecular flexibility index (Phi) is 7.26. The standard InChI is InChI=1S/C23H13F11N2O/c24-20(25,11-36-19(37)14-3-1-2-4-15(14)21(26,27)28)16-7-5-12(9-17(16)22(29,30)31)13-6-8-18(35-10-13)23(32,33)34/h1-10H,11H2,(H,36,37). The number of carbonyl (C=O) groups is 1. The molecule has 0 fully saturated rings. The Hall–Kier alpha value is -3.71. The van der Waals surface area contributed by atoms with Gasteiger partial charge in [-0.3, -0.25) is 9.78 Å². The molecule has 3 aromatic rings. The molecule has 0 radical (unpaired) electrons. The number of rotatable bonds is 5. The van der Waals surface area contributed by atoms with Crippen LogP contribution in [0.5, 0.6) is 0 Å². The maximum atomic E-state index is 14.8. The van der Waals surface area contributed by atoms with E-state index in [0.717, 1.165) is 24.3 Å². The Morgan fingerprint density at radius 3 is 1.81 bits per heavy atom. The van der Waals surface area contributed by atoms with Crippen molar-refractivity contribution >= 4 is 5.91 Å². The van der Waals surface area contributed by atoms with Crippen LogP contribution in [0.15, 0.2) is 60.8 Å². The average Bonchev–Trinajstić information content (AvgIpc) is 2.80. The van der Waals surface area contributed by atoms with Gasteiger partial charge in [-0.05, 0) is 29.8 Å². The first-order valence-corrected chi connectivity index (χ1v) is 9.99. The summed E-state index contributed by atoms with van der Waals surface area (Å²) in [6, 6.07) is 5.97. The monoisotopic (exact) mass is 542 g/mol. The Labute approximate surface area is 200 Å². The van der Waals surface area contributed by atoms with E-state index >= 15 is 0 Å². The van der Waals surface area contributed by atoms with E-state index in [4.69, 9.17) is 0 Å². The quantitative estimate of drug-likeness (QED) is 0.343. The molecule has 37 heavy (non-hydrogen) atoms. The second-order valence-corrected chi connectivity index (χ2v) is 7.62. The maximum absolute atomic E-state index is 14.8. The van der Waals surface area contributed by atoms with Gasteiger partial charge in [0.2, 0.25) is 0 Å². The third kappa shape index (κ3) is 6.35. The van der Waals surface area contributed by atoms with Crippen LogP contribution in [0.2, 0.25) is 0 Å². The maximum Gasteiger partial charge on any atom is 0.433 e.